The Balaban J connectivity index is 1.68. The van der Waals surface area contributed by atoms with Gasteiger partial charge >= 0.3 is 5.69 Å². The van der Waals surface area contributed by atoms with Crippen LogP contribution >= 0.6 is 0 Å². The SMILES string of the molecule is CCn1c([C@@H]2C[C@H](OC)CN2CCOc2cccc(C#N)c2)n[nH]c1=O. The molecule has 2 atom stereocenters. The van der Waals surface area contributed by atoms with Crippen molar-refractivity contribution >= 4 is 0 Å². The number of nitrogens with one attached hydrogen (secondary N) is 1. The van der Waals surface area contributed by atoms with Crippen LogP contribution in [0.2, 0.25) is 0 Å². The summed E-state index contributed by atoms with van der Waals surface area (Å²) in [6.07, 6.45) is 0.879. The number of hydrogen-bond acceptors (Lipinski definition) is 6. The molecule has 8 nitrogen and oxygen atoms in total. The van der Waals surface area contributed by atoms with E-state index >= 15 is 0 Å². The highest BCUT2D eigenvalue weighted by molar-refractivity contribution is 5.36. The first kappa shape index (κ1) is 18.2. The second-order valence-electron chi connectivity index (χ2n) is 6.22. The fraction of sp³-hybridized carbons (Fsp3) is 0.500. The molecule has 1 aromatic heterocycles. The Morgan fingerprint density at radius 2 is 2.31 bits per heavy atom. The number of ether oxygens (including phenoxy) is 2. The number of methoxy groups -OCH3 is 1. The summed E-state index contributed by atoms with van der Waals surface area (Å²) in [5.74, 6) is 1.41. The number of hydrogen-bond donors (Lipinski definition) is 1. The Morgan fingerprint density at radius 3 is 3.04 bits per heavy atom. The molecule has 138 valence electrons. The highest BCUT2D eigenvalue weighted by Gasteiger charge is 2.36. The molecule has 0 bridgehead atoms. The summed E-state index contributed by atoms with van der Waals surface area (Å²) in [5.41, 5.74) is 0.386. The zero-order valence-electron chi connectivity index (χ0n) is 15.0. The lowest BCUT2D eigenvalue weighted by Gasteiger charge is -2.23. The van der Waals surface area contributed by atoms with Crippen LogP contribution in [-0.2, 0) is 11.3 Å². The summed E-state index contributed by atoms with van der Waals surface area (Å²) in [5, 5.41) is 15.7. The van der Waals surface area contributed by atoms with Crippen LogP contribution in [0.15, 0.2) is 29.1 Å². The molecule has 26 heavy (non-hydrogen) atoms. The van der Waals surface area contributed by atoms with E-state index < -0.39 is 0 Å². The molecule has 1 saturated heterocycles. The van der Waals surface area contributed by atoms with Crippen molar-refractivity contribution in [3.8, 4) is 11.8 Å². The quantitative estimate of drug-likeness (QED) is 0.802. The predicted molar refractivity (Wildman–Crippen MR) is 94.9 cm³/mol. The maximum Gasteiger partial charge on any atom is 0.343 e. The van der Waals surface area contributed by atoms with Gasteiger partial charge in [0.15, 0.2) is 5.82 Å². The fourth-order valence-electron chi connectivity index (χ4n) is 3.37. The van der Waals surface area contributed by atoms with Gasteiger partial charge in [-0.25, -0.2) is 9.89 Å². The molecule has 1 fully saturated rings. The lowest BCUT2D eigenvalue weighted by atomic mass is 10.2. The van der Waals surface area contributed by atoms with Crippen molar-refractivity contribution in [3.05, 3.63) is 46.1 Å². The average molecular weight is 357 g/mol. The van der Waals surface area contributed by atoms with Crippen LogP contribution in [0, 0.1) is 11.3 Å². The second-order valence-corrected chi connectivity index (χ2v) is 6.22. The van der Waals surface area contributed by atoms with Crippen LogP contribution in [-0.4, -0.2) is 52.6 Å². The Hall–Kier alpha value is -2.63. The van der Waals surface area contributed by atoms with Gasteiger partial charge < -0.3 is 9.47 Å². The summed E-state index contributed by atoms with van der Waals surface area (Å²) >= 11 is 0. The minimum Gasteiger partial charge on any atom is -0.492 e. The minimum atomic E-state index is -0.187. The van der Waals surface area contributed by atoms with Gasteiger partial charge in [-0.15, -0.1) is 0 Å². The van der Waals surface area contributed by atoms with Gasteiger partial charge in [0.2, 0.25) is 0 Å². The zero-order chi connectivity index (χ0) is 18.5. The number of rotatable bonds is 7. The van der Waals surface area contributed by atoms with E-state index in [1.165, 1.54) is 0 Å². The first-order valence-electron chi connectivity index (χ1n) is 8.71. The van der Waals surface area contributed by atoms with Crippen molar-refractivity contribution in [2.45, 2.75) is 32.0 Å². The first-order valence-corrected chi connectivity index (χ1v) is 8.71. The molecule has 2 heterocycles. The van der Waals surface area contributed by atoms with E-state index in [1.807, 2.05) is 13.0 Å². The molecule has 0 unspecified atom stereocenters. The average Bonchev–Trinajstić information content (AvgIpc) is 3.24. The molecular weight excluding hydrogens is 334 g/mol. The van der Waals surface area contributed by atoms with Gasteiger partial charge in [-0.3, -0.25) is 9.47 Å². The molecular formula is C18H23N5O3. The normalized spacial score (nSPS) is 20.2. The summed E-state index contributed by atoms with van der Waals surface area (Å²) in [7, 11) is 1.70. The summed E-state index contributed by atoms with van der Waals surface area (Å²) in [6.45, 7) is 4.41. The number of nitriles is 1. The van der Waals surface area contributed by atoms with E-state index in [9.17, 15) is 4.79 Å². The van der Waals surface area contributed by atoms with Crippen LogP contribution in [0.5, 0.6) is 5.75 Å². The third-order valence-corrected chi connectivity index (χ3v) is 4.71. The first-order chi connectivity index (χ1) is 12.7. The fourth-order valence-corrected chi connectivity index (χ4v) is 3.37. The van der Waals surface area contributed by atoms with Crippen LogP contribution < -0.4 is 10.4 Å². The number of H-pyrrole nitrogens is 1. The molecule has 1 N–H and O–H groups in total. The van der Waals surface area contributed by atoms with Crippen molar-refractivity contribution in [1.29, 1.82) is 5.26 Å². The van der Waals surface area contributed by atoms with E-state index in [0.29, 0.717) is 31.0 Å². The lowest BCUT2D eigenvalue weighted by molar-refractivity contribution is 0.105. The number of aromatic nitrogens is 3. The van der Waals surface area contributed by atoms with Gasteiger partial charge in [0.1, 0.15) is 12.4 Å². The Bertz CT molecular complexity index is 838. The van der Waals surface area contributed by atoms with Crippen molar-refractivity contribution in [3.63, 3.8) is 0 Å². The third-order valence-electron chi connectivity index (χ3n) is 4.71. The topological polar surface area (TPSA) is 96.2 Å². The second kappa shape index (κ2) is 8.17. The highest BCUT2D eigenvalue weighted by atomic mass is 16.5. The van der Waals surface area contributed by atoms with Crippen molar-refractivity contribution in [2.24, 2.45) is 0 Å². The van der Waals surface area contributed by atoms with Crippen LogP contribution in [0.4, 0.5) is 0 Å². The number of likely N-dealkylation sites (tertiary alicyclic amines) is 1. The molecule has 3 rings (SSSR count). The zero-order valence-corrected chi connectivity index (χ0v) is 15.0. The molecule has 0 saturated carbocycles. The van der Waals surface area contributed by atoms with Crippen LogP contribution in [0.3, 0.4) is 0 Å². The minimum absolute atomic E-state index is 0.00731. The highest BCUT2D eigenvalue weighted by Crippen LogP contribution is 2.31. The summed E-state index contributed by atoms with van der Waals surface area (Å²) in [4.78, 5) is 14.1. The molecule has 1 aromatic carbocycles. The predicted octanol–water partition coefficient (Wildman–Crippen LogP) is 1.30. The van der Waals surface area contributed by atoms with E-state index in [-0.39, 0.29) is 17.8 Å². The van der Waals surface area contributed by atoms with Gasteiger partial charge in [0.25, 0.3) is 0 Å². The standard InChI is InChI=1S/C18H23N5O3/c1-3-23-17(20-21-18(23)24)16-10-15(25-2)12-22(16)7-8-26-14-6-4-5-13(9-14)11-19/h4-6,9,15-16H,3,7-8,10,12H2,1-2H3,(H,21,24)/t15-,16-/m0/s1. The smallest absolute Gasteiger partial charge is 0.343 e. The van der Waals surface area contributed by atoms with Crippen LogP contribution in [0.1, 0.15) is 30.8 Å². The molecule has 1 aliphatic heterocycles. The maximum atomic E-state index is 11.9. The number of benzene rings is 1. The Kier molecular flexibility index (Phi) is 5.71. The summed E-state index contributed by atoms with van der Waals surface area (Å²) < 4.78 is 13.0. The third kappa shape index (κ3) is 3.79. The molecule has 2 aromatic rings. The van der Waals surface area contributed by atoms with E-state index in [1.54, 1.807) is 29.9 Å². The summed E-state index contributed by atoms with van der Waals surface area (Å²) in [6, 6.07) is 9.22. The van der Waals surface area contributed by atoms with Crippen molar-refractivity contribution in [2.75, 3.05) is 26.8 Å². The number of nitrogens with zero attached hydrogens (tertiary/aromatic N) is 4. The largest absolute Gasteiger partial charge is 0.492 e. The van der Waals surface area contributed by atoms with Gasteiger partial charge in [0, 0.05) is 26.7 Å². The van der Waals surface area contributed by atoms with E-state index in [4.69, 9.17) is 14.7 Å². The van der Waals surface area contributed by atoms with Gasteiger partial charge in [-0.05, 0) is 31.5 Å². The molecule has 0 spiro atoms. The van der Waals surface area contributed by atoms with E-state index in [2.05, 4.69) is 21.2 Å². The Morgan fingerprint density at radius 1 is 1.46 bits per heavy atom. The van der Waals surface area contributed by atoms with Gasteiger partial charge in [-0.1, -0.05) is 6.07 Å². The maximum absolute atomic E-state index is 11.9. The Labute approximate surface area is 151 Å². The van der Waals surface area contributed by atoms with Crippen molar-refractivity contribution in [1.82, 2.24) is 19.7 Å². The molecule has 0 radical (unpaired) electrons. The monoisotopic (exact) mass is 357 g/mol. The van der Waals surface area contributed by atoms with E-state index in [0.717, 1.165) is 18.8 Å². The molecule has 0 amide bonds. The number of aromatic amines is 1. The molecule has 1 aliphatic rings. The van der Waals surface area contributed by atoms with Crippen LogP contribution in [0.25, 0.3) is 0 Å². The lowest BCUT2D eigenvalue weighted by Crippen LogP contribution is -2.31. The molecule has 8 heteroatoms. The van der Waals surface area contributed by atoms with Gasteiger partial charge in [0.05, 0.1) is 23.8 Å². The van der Waals surface area contributed by atoms with Crippen molar-refractivity contribution < 1.29 is 9.47 Å². The molecule has 0 aliphatic carbocycles. The van der Waals surface area contributed by atoms with Gasteiger partial charge in [-0.2, -0.15) is 10.4 Å².